The first-order valence-corrected chi connectivity index (χ1v) is 9.46. The third-order valence-corrected chi connectivity index (χ3v) is 5.27. The van der Waals surface area contributed by atoms with Gasteiger partial charge in [-0.25, -0.2) is 9.18 Å². The number of nitrogens with one attached hydrogen (secondary N) is 1. The molecule has 1 N–H and O–H groups in total. The van der Waals surface area contributed by atoms with Gasteiger partial charge in [-0.1, -0.05) is 55.8 Å². The van der Waals surface area contributed by atoms with Crippen molar-refractivity contribution in [3.63, 3.8) is 0 Å². The summed E-state index contributed by atoms with van der Waals surface area (Å²) >= 11 is 0. The van der Waals surface area contributed by atoms with E-state index < -0.39 is 0 Å². The Morgan fingerprint density at radius 1 is 1.04 bits per heavy atom. The van der Waals surface area contributed by atoms with Gasteiger partial charge in [0.15, 0.2) is 0 Å². The number of piperazine rings is 1. The summed E-state index contributed by atoms with van der Waals surface area (Å²) in [6, 6.07) is 15.2. The third-order valence-electron chi connectivity index (χ3n) is 5.27. The molecule has 1 saturated heterocycles. The second kappa shape index (κ2) is 7.99. The highest BCUT2D eigenvalue weighted by Crippen LogP contribution is 2.23. The molecule has 1 aliphatic heterocycles. The van der Waals surface area contributed by atoms with Crippen LogP contribution in [0.5, 0.6) is 0 Å². The second-order valence-electron chi connectivity index (χ2n) is 7.83. The Balaban J connectivity index is 1.52. The third kappa shape index (κ3) is 4.59. The molecule has 4 nitrogen and oxygen atoms in total. The van der Waals surface area contributed by atoms with Crippen molar-refractivity contribution >= 4 is 11.7 Å². The van der Waals surface area contributed by atoms with E-state index in [9.17, 15) is 9.18 Å². The molecular formula is C22H28FN3O. The summed E-state index contributed by atoms with van der Waals surface area (Å²) in [6.07, 6.45) is 0. The van der Waals surface area contributed by atoms with Crippen LogP contribution >= 0.6 is 0 Å². The van der Waals surface area contributed by atoms with Crippen molar-refractivity contribution in [1.82, 2.24) is 10.2 Å². The molecule has 3 rings (SSSR count). The fraction of sp³-hybridized carbons (Fsp3) is 0.409. The van der Waals surface area contributed by atoms with Crippen molar-refractivity contribution in [3.05, 3.63) is 65.5 Å². The van der Waals surface area contributed by atoms with Crippen LogP contribution in [0.4, 0.5) is 14.9 Å². The van der Waals surface area contributed by atoms with Crippen LogP contribution in [0.1, 0.15) is 25.0 Å². The molecule has 0 aliphatic carbocycles. The average Bonchev–Trinajstić information content (AvgIpc) is 2.67. The molecule has 144 valence electrons. The van der Waals surface area contributed by atoms with Crippen LogP contribution < -0.4 is 10.2 Å². The van der Waals surface area contributed by atoms with Crippen LogP contribution in [0.15, 0.2) is 48.5 Å². The molecule has 0 saturated carbocycles. The SMILES string of the molecule is Cc1ccc(C(C)(C)CNC(=O)N2CCN(c3ccccc3F)CC2)cc1. The number of rotatable bonds is 4. The fourth-order valence-corrected chi connectivity index (χ4v) is 3.37. The lowest BCUT2D eigenvalue weighted by Gasteiger charge is -2.37. The van der Waals surface area contributed by atoms with E-state index in [0.29, 0.717) is 38.4 Å². The molecule has 0 unspecified atom stereocenters. The highest BCUT2D eigenvalue weighted by Gasteiger charge is 2.25. The first-order valence-electron chi connectivity index (χ1n) is 9.46. The number of urea groups is 1. The molecule has 27 heavy (non-hydrogen) atoms. The summed E-state index contributed by atoms with van der Waals surface area (Å²) in [6.45, 7) is 9.35. The van der Waals surface area contributed by atoms with Crippen LogP contribution in [-0.4, -0.2) is 43.7 Å². The quantitative estimate of drug-likeness (QED) is 0.886. The number of carbonyl (C=O) groups excluding carboxylic acids is 1. The zero-order valence-electron chi connectivity index (χ0n) is 16.3. The summed E-state index contributed by atoms with van der Waals surface area (Å²) in [5.74, 6) is -0.213. The standard InChI is InChI=1S/C22H28FN3O/c1-17-8-10-18(11-9-17)22(2,3)16-24-21(27)26-14-12-25(13-15-26)20-7-5-4-6-19(20)23/h4-11H,12-16H2,1-3H3,(H,24,27). The maximum Gasteiger partial charge on any atom is 0.317 e. The number of halogens is 1. The first-order chi connectivity index (χ1) is 12.9. The minimum absolute atomic E-state index is 0.0524. The van der Waals surface area contributed by atoms with Crippen molar-refractivity contribution in [3.8, 4) is 0 Å². The van der Waals surface area contributed by atoms with Gasteiger partial charge in [0.1, 0.15) is 5.82 Å². The summed E-state index contributed by atoms with van der Waals surface area (Å²) in [5, 5.41) is 3.07. The summed E-state index contributed by atoms with van der Waals surface area (Å²) < 4.78 is 13.9. The van der Waals surface area contributed by atoms with Crippen molar-refractivity contribution in [2.45, 2.75) is 26.2 Å². The average molecular weight is 369 g/mol. The molecule has 0 spiro atoms. The van der Waals surface area contributed by atoms with Gasteiger partial charge in [-0.3, -0.25) is 0 Å². The smallest absolute Gasteiger partial charge is 0.317 e. The van der Waals surface area contributed by atoms with Crippen LogP contribution in [-0.2, 0) is 5.41 Å². The van der Waals surface area contributed by atoms with Gasteiger partial charge >= 0.3 is 6.03 Å². The lowest BCUT2D eigenvalue weighted by atomic mass is 9.84. The highest BCUT2D eigenvalue weighted by atomic mass is 19.1. The van der Waals surface area contributed by atoms with E-state index in [2.05, 4.69) is 50.4 Å². The summed E-state index contributed by atoms with van der Waals surface area (Å²) in [4.78, 5) is 16.4. The number of hydrogen-bond acceptors (Lipinski definition) is 2. The molecule has 1 fully saturated rings. The molecule has 0 aromatic heterocycles. The normalized spacial score (nSPS) is 15.0. The minimum atomic E-state index is -0.213. The van der Waals surface area contributed by atoms with E-state index in [0.717, 1.165) is 0 Å². The molecule has 2 aromatic rings. The Morgan fingerprint density at radius 3 is 2.30 bits per heavy atom. The molecule has 2 aromatic carbocycles. The van der Waals surface area contributed by atoms with Crippen LogP contribution in [0.25, 0.3) is 0 Å². The molecular weight excluding hydrogens is 341 g/mol. The monoisotopic (exact) mass is 369 g/mol. The number of benzene rings is 2. The lowest BCUT2D eigenvalue weighted by molar-refractivity contribution is 0.192. The summed E-state index contributed by atoms with van der Waals surface area (Å²) in [7, 11) is 0. The Kier molecular flexibility index (Phi) is 5.68. The van der Waals surface area contributed by atoms with Crippen LogP contribution in [0.2, 0.25) is 0 Å². The Hall–Kier alpha value is -2.56. The van der Waals surface area contributed by atoms with Crippen molar-refractivity contribution in [1.29, 1.82) is 0 Å². The van der Waals surface area contributed by atoms with E-state index in [1.54, 1.807) is 12.1 Å². The lowest BCUT2D eigenvalue weighted by Crippen LogP contribution is -2.53. The van der Waals surface area contributed by atoms with Gasteiger partial charge in [-0.2, -0.15) is 0 Å². The maximum absolute atomic E-state index is 13.9. The summed E-state index contributed by atoms with van der Waals surface area (Å²) in [5.41, 5.74) is 2.90. The first kappa shape index (κ1) is 19.2. The molecule has 0 radical (unpaired) electrons. The van der Waals surface area contributed by atoms with Crippen molar-refractivity contribution in [2.24, 2.45) is 0 Å². The van der Waals surface area contributed by atoms with Gasteiger partial charge < -0.3 is 15.1 Å². The molecule has 5 heteroatoms. The van der Waals surface area contributed by atoms with E-state index in [1.807, 2.05) is 15.9 Å². The Labute approximate surface area is 161 Å². The molecule has 1 aliphatic rings. The van der Waals surface area contributed by atoms with Gasteiger partial charge in [0, 0.05) is 38.1 Å². The number of aryl methyl sites for hydroxylation is 1. The Morgan fingerprint density at radius 2 is 1.67 bits per heavy atom. The zero-order valence-corrected chi connectivity index (χ0v) is 16.3. The number of hydrogen-bond donors (Lipinski definition) is 1. The van der Waals surface area contributed by atoms with E-state index >= 15 is 0 Å². The molecule has 2 amide bonds. The number of carbonyl (C=O) groups is 1. The zero-order chi connectivity index (χ0) is 19.4. The van der Waals surface area contributed by atoms with Gasteiger partial charge in [-0.05, 0) is 24.6 Å². The largest absolute Gasteiger partial charge is 0.366 e. The predicted octanol–water partition coefficient (Wildman–Crippen LogP) is 3.94. The predicted molar refractivity (Wildman–Crippen MR) is 108 cm³/mol. The molecule has 0 atom stereocenters. The van der Waals surface area contributed by atoms with Crippen molar-refractivity contribution < 1.29 is 9.18 Å². The van der Waals surface area contributed by atoms with Gasteiger partial charge in [0.25, 0.3) is 0 Å². The topological polar surface area (TPSA) is 35.6 Å². The minimum Gasteiger partial charge on any atom is -0.366 e. The van der Waals surface area contributed by atoms with Crippen LogP contribution in [0.3, 0.4) is 0 Å². The maximum atomic E-state index is 13.9. The number of nitrogens with zero attached hydrogens (tertiary/aromatic N) is 2. The van der Waals surface area contributed by atoms with Crippen molar-refractivity contribution in [2.75, 3.05) is 37.6 Å². The Bertz CT molecular complexity index is 780. The molecule has 0 bridgehead atoms. The number of amides is 2. The molecule has 1 heterocycles. The van der Waals surface area contributed by atoms with Gasteiger partial charge in [0.2, 0.25) is 0 Å². The van der Waals surface area contributed by atoms with Gasteiger partial charge in [-0.15, -0.1) is 0 Å². The second-order valence-corrected chi connectivity index (χ2v) is 7.83. The number of para-hydroxylation sites is 1. The van der Waals surface area contributed by atoms with E-state index in [4.69, 9.17) is 0 Å². The van der Waals surface area contributed by atoms with E-state index in [-0.39, 0.29) is 17.3 Å². The highest BCUT2D eigenvalue weighted by molar-refractivity contribution is 5.74. The fourth-order valence-electron chi connectivity index (χ4n) is 3.37. The van der Waals surface area contributed by atoms with Gasteiger partial charge in [0.05, 0.1) is 5.69 Å². The van der Waals surface area contributed by atoms with Crippen LogP contribution in [0, 0.1) is 12.7 Å². The van der Waals surface area contributed by atoms with E-state index in [1.165, 1.54) is 17.2 Å². The number of anilines is 1.